The number of carbonyl (C=O) groups excluding carboxylic acids is 2. The zero-order valence-corrected chi connectivity index (χ0v) is 12.3. The quantitative estimate of drug-likeness (QED) is 0.945. The number of anilines is 1. The highest BCUT2D eigenvalue weighted by Crippen LogP contribution is 2.14. The molecule has 2 aromatic carbocycles. The van der Waals surface area contributed by atoms with Gasteiger partial charge in [0.15, 0.2) is 0 Å². The van der Waals surface area contributed by atoms with Crippen molar-refractivity contribution in [1.29, 1.82) is 0 Å². The topological polar surface area (TPSA) is 49.4 Å². The van der Waals surface area contributed by atoms with Gasteiger partial charge in [0.1, 0.15) is 0 Å². The van der Waals surface area contributed by atoms with E-state index < -0.39 is 0 Å². The molecule has 1 fully saturated rings. The number of carbonyl (C=O) groups is 2. The maximum absolute atomic E-state index is 12.2. The predicted octanol–water partition coefficient (Wildman–Crippen LogP) is 3.17. The van der Waals surface area contributed by atoms with Gasteiger partial charge >= 0.3 is 0 Å². The molecule has 3 rings (SSSR count). The summed E-state index contributed by atoms with van der Waals surface area (Å²) in [5.41, 5.74) is 1.93. The van der Waals surface area contributed by atoms with Crippen LogP contribution < -0.4 is 5.32 Å². The normalized spacial score (nSPS) is 13.9. The highest BCUT2D eigenvalue weighted by Gasteiger charge is 2.19. The van der Waals surface area contributed by atoms with Crippen LogP contribution in [0.25, 0.3) is 0 Å². The van der Waals surface area contributed by atoms with E-state index in [2.05, 4.69) is 5.32 Å². The SMILES string of the molecule is O=C(Nc1ccccc1)c1ccc(C(=O)N2CCCC2)cc1. The fourth-order valence-corrected chi connectivity index (χ4v) is 2.59. The van der Waals surface area contributed by atoms with Crippen LogP contribution in [0.15, 0.2) is 54.6 Å². The third-order valence-corrected chi connectivity index (χ3v) is 3.82. The number of nitrogens with zero attached hydrogens (tertiary/aromatic N) is 1. The summed E-state index contributed by atoms with van der Waals surface area (Å²) < 4.78 is 0. The summed E-state index contributed by atoms with van der Waals surface area (Å²) >= 11 is 0. The monoisotopic (exact) mass is 294 g/mol. The molecule has 2 amide bonds. The van der Waals surface area contributed by atoms with E-state index in [1.165, 1.54) is 0 Å². The van der Waals surface area contributed by atoms with Crippen molar-refractivity contribution in [2.45, 2.75) is 12.8 Å². The van der Waals surface area contributed by atoms with Gasteiger partial charge in [-0.05, 0) is 49.2 Å². The number of likely N-dealkylation sites (tertiary alicyclic amines) is 1. The fraction of sp³-hybridized carbons (Fsp3) is 0.222. The summed E-state index contributed by atoms with van der Waals surface area (Å²) in [6, 6.07) is 16.1. The first-order valence-corrected chi connectivity index (χ1v) is 7.50. The summed E-state index contributed by atoms with van der Waals surface area (Å²) in [7, 11) is 0. The highest BCUT2D eigenvalue weighted by atomic mass is 16.2. The zero-order chi connectivity index (χ0) is 15.4. The average Bonchev–Trinajstić information content (AvgIpc) is 3.10. The lowest BCUT2D eigenvalue weighted by atomic mass is 10.1. The van der Waals surface area contributed by atoms with Gasteiger partial charge in [0, 0.05) is 29.9 Å². The van der Waals surface area contributed by atoms with Crippen molar-refractivity contribution in [3.8, 4) is 0 Å². The second-order valence-electron chi connectivity index (χ2n) is 5.40. The molecule has 1 N–H and O–H groups in total. The van der Waals surface area contributed by atoms with E-state index in [9.17, 15) is 9.59 Å². The number of amides is 2. The van der Waals surface area contributed by atoms with Crippen molar-refractivity contribution in [3.63, 3.8) is 0 Å². The minimum atomic E-state index is -0.175. The van der Waals surface area contributed by atoms with Crippen LogP contribution in [0.1, 0.15) is 33.6 Å². The Balaban J connectivity index is 1.68. The maximum Gasteiger partial charge on any atom is 0.255 e. The van der Waals surface area contributed by atoms with Crippen LogP contribution in [-0.2, 0) is 0 Å². The van der Waals surface area contributed by atoms with Crippen LogP contribution in [-0.4, -0.2) is 29.8 Å². The molecule has 4 heteroatoms. The molecule has 0 unspecified atom stereocenters. The lowest BCUT2D eigenvalue weighted by Gasteiger charge is -2.15. The van der Waals surface area contributed by atoms with Crippen LogP contribution in [0.3, 0.4) is 0 Å². The summed E-state index contributed by atoms with van der Waals surface area (Å²) in [6.07, 6.45) is 2.15. The highest BCUT2D eigenvalue weighted by molar-refractivity contribution is 6.05. The minimum absolute atomic E-state index is 0.0486. The Morgan fingerprint density at radius 1 is 0.818 bits per heavy atom. The van der Waals surface area contributed by atoms with Crippen molar-refractivity contribution < 1.29 is 9.59 Å². The fourth-order valence-electron chi connectivity index (χ4n) is 2.59. The van der Waals surface area contributed by atoms with Crippen LogP contribution in [0, 0.1) is 0 Å². The van der Waals surface area contributed by atoms with Crippen molar-refractivity contribution in [3.05, 3.63) is 65.7 Å². The van der Waals surface area contributed by atoms with Gasteiger partial charge in [-0.3, -0.25) is 9.59 Å². The summed E-state index contributed by atoms with van der Waals surface area (Å²) in [4.78, 5) is 26.2. The third kappa shape index (κ3) is 3.17. The van der Waals surface area contributed by atoms with Crippen molar-refractivity contribution >= 4 is 17.5 Å². The van der Waals surface area contributed by atoms with Gasteiger partial charge < -0.3 is 10.2 Å². The Labute approximate surface area is 129 Å². The van der Waals surface area contributed by atoms with Gasteiger partial charge in [-0.2, -0.15) is 0 Å². The standard InChI is InChI=1S/C18H18N2O2/c21-17(19-16-6-2-1-3-7-16)14-8-10-15(11-9-14)18(22)20-12-4-5-13-20/h1-3,6-11H,4-5,12-13H2,(H,19,21). The number of para-hydroxylation sites is 1. The maximum atomic E-state index is 12.2. The molecular weight excluding hydrogens is 276 g/mol. The molecule has 1 saturated heterocycles. The largest absolute Gasteiger partial charge is 0.339 e. The molecule has 2 aromatic rings. The smallest absolute Gasteiger partial charge is 0.255 e. The van der Waals surface area contributed by atoms with Gasteiger partial charge in [-0.15, -0.1) is 0 Å². The molecule has 1 heterocycles. The molecule has 0 saturated carbocycles. The molecule has 4 nitrogen and oxygen atoms in total. The van der Waals surface area contributed by atoms with E-state index >= 15 is 0 Å². The van der Waals surface area contributed by atoms with E-state index in [4.69, 9.17) is 0 Å². The van der Waals surface area contributed by atoms with Crippen LogP contribution in [0.2, 0.25) is 0 Å². The molecule has 0 bridgehead atoms. The van der Waals surface area contributed by atoms with Gasteiger partial charge in [-0.25, -0.2) is 0 Å². The van der Waals surface area contributed by atoms with Gasteiger partial charge in [-0.1, -0.05) is 18.2 Å². The molecule has 0 radical (unpaired) electrons. The Morgan fingerprint density at radius 2 is 1.41 bits per heavy atom. The first kappa shape index (κ1) is 14.3. The molecule has 0 aliphatic carbocycles. The molecule has 0 atom stereocenters. The summed E-state index contributed by atoms with van der Waals surface area (Å²) in [6.45, 7) is 1.66. The van der Waals surface area contributed by atoms with E-state index in [0.29, 0.717) is 11.1 Å². The molecule has 0 aromatic heterocycles. The molecule has 112 valence electrons. The van der Waals surface area contributed by atoms with E-state index in [-0.39, 0.29) is 11.8 Å². The van der Waals surface area contributed by atoms with Gasteiger partial charge in [0.05, 0.1) is 0 Å². The summed E-state index contributed by atoms with van der Waals surface area (Å²) in [5.74, 6) is -0.126. The third-order valence-electron chi connectivity index (χ3n) is 3.82. The number of benzene rings is 2. The second-order valence-corrected chi connectivity index (χ2v) is 5.40. The summed E-state index contributed by atoms with van der Waals surface area (Å²) in [5, 5.41) is 2.83. The Bertz CT molecular complexity index is 659. The first-order valence-electron chi connectivity index (χ1n) is 7.50. The molecule has 1 aliphatic heterocycles. The second kappa shape index (κ2) is 6.43. The van der Waals surface area contributed by atoms with E-state index in [1.54, 1.807) is 24.3 Å². The Kier molecular flexibility index (Phi) is 4.19. The van der Waals surface area contributed by atoms with Gasteiger partial charge in [0.2, 0.25) is 0 Å². The van der Waals surface area contributed by atoms with E-state index in [0.717, 1.165) is 31.6 Å². The van der Waals surface area contributed by atoms with Crippen LogP contribution in [0.4, 0.5) is 5.69 Å². The molecule has 1 aliphatic rings. The number of nitrogens with one attached hydrogen (secondary N) is 1. The number of hydrogen-bond acceptors (Lipinski definition) is 2. The molecule has 22 heavy (non-hydrogen) atoms. The zero-order valence-electron chi connectivity index (χ0n) is 12.3. The first-order chi connectivity index (χ1) is 10.7. The number of hydrogen-bond donors (Lipinski definition) is 1. The van der Waals surface area contributed by atoms with Crippen molar-refractivity contribution in [1.82, 2.24) is 4.90 Å². The predicted molar refractivity (Wildman–Crippen MR) is 86.0 cm³/mol. The van der Waals surface area contributed by atoms with Crippen molar-refractivity contribution in [2.75, 3.05) is 18.4 Å². The average molecular weight is 294 g/mol. The molecular formula is C18H18N2O2. The minimum Gasteiger partial charge on any atom is -0.339 e. The Hall–Kier alpha value is -2.62. The van der Waals surface area contributed by atoms with Crippen molar-refractivity contribution in [2.24, 2.45) is 0 Å². The van der Waals surface area contributed by atoms with Crippen LogP contribution in [0.5, 0.6) is 0 Å². The lowest BCUT2D eigenvalue weighted by Crippen LogP contribution is -2.27. The number of rotatable bonds is 3. The lowest BCUT2D eigenvalue weighted by molar-refractivity contribution is 0.0792. The Morgan fingerprint density at radius 3 is 2.05 bits per heavy atom. The van der Waals surface area contributed by atoms with Gasteiger partial charge in [0.25, 0.3) is 11.8 Å². The van der Waals surface area contributed by atoms with E-state index in [1.807, 2.05) is 35.2 Å². The molecule has 0 spiro atoms. The van der Waals surface area contributed by atoms with Crippen LogP contribution >= 0.6 is 0 Å².